The highest BCUT2D eigenvalue weighted by Crippen LogP contribution is 2.38. The molecule has 72 valence electrons. The molecule has 0 radical (unpaired) electrons. The monoisotopic (exact) mass is 182 g/mol. The number of hydrogen-bond acceptors (Lipinski definition) is 2. The van der Waals surface area contributed by atoms with Gasteiger partial charge in [-0.3, -0.25) is 9.59 Å². The van der Waals surface area contributed by atoms with E-state index in [1.807, 2.05) is 0 Å². The van der Waals surface area contributed by atoms with Crippen LogP contribution in [0.3, 0.4) is 0 Å². The molecule has 2 N–H and O–H groups in total. The van der Waals surface area contributed by atoms with E-state index in [9.17, 15) is 9.59 Å². The molecule has 0 aromatic rings. The Balaban J connectivity index is 2.28. The molecule has 0 aromatic carbocycles. The van der Waals surface area contributed by atoms with Crippen molar-refractivity contribution in [2.75, 3.05) is 13.1 Å². The van der Waals surface area contributed by atoms with Gasteiger partial charge in [-0.25, -0.2) is 0 Å². The standard InChI is InChI=1S/C9H14N2O2/c12-7-9(3-1-2-4-9)8(13)11-6-5-10-7/h1-6H2,(H,10,12)(H,11,13). The first-order chi connectivity index (χ1) is 6.26. The molecular formula is C9H14N2O2. The molecule has 1 spiro atoms. The van der Waals surface area contributed by atoms with Gasteiger partial charge in [0.2, 0.25) is 11.8 Å². The van der Waals surface area contributed by atoms with Crippen molar-refractivity contribution in [1.29, 1.82) is 0 Å². The van der Waals surface area contributed by atoms with Crippen molar-refractivity contribution in [2.24, 2.45) is 5.41 Å². The highest BCUT2D eigenvalue weighted by Gasteiger charge is 2.48. The van der Waals surface area contributed by atoms with Gasteiger partial charge in [0.25, 0.3) is 0 Å². The third-order valence-electron chi connectivity index (χ3n) is 3.02. The molecule has 4 nitrogen and oxygen atoms in total. The predicted molar refractivity (Wildman–Crippen MR) is 46.9 cm³/mol. The van der Waals surface area contributed by atoms with Crippen LogP contribution >= 0.6 is 0 Å². The lowest BCUT2D eigenvalue weighted by Crippen LogP contribution is -2.45. The van der Waals surface area contributed by atoms with Crippen molar-refractivity contribution in [2.45, 2.75) is 25.7 Å². The first-order valence-electron chi connectivity index (χ1n) is 4.82. The third kappa shape index (κ3) is 1.20. The summed E-state index contributed by atoms with van der Waals surface area (Å²) in [7, 11) is 0. The van der Waals surface area contributed by atoms with E-state index in [1.165, 1.54) is 0 Å². The van der Waals surface area contributed by atoms with E-state index in [-0.39, 0.29) is 11.8 Å². The summed E-state index contributed by atoms with van der Waals surface area (Å²) in [5.41, 5.74) is -0.726. The second kappa shape index (κ2) is 3.01. The summed E-state index contributed by atoms with van der Waals surface area (Å²) >= 11 is 0. The smallest absolute Gasteiger partial charge is 0.235 e. The van der Waals surface area contributed by atoms with Crippen molar-refractivity contribution in [3.8, 4) is 0 Å². The number of carbonyl (C=O) groups excluding carboxylic acids is 2. The van der Waals surface area contributed by atoms with Crippen molar-refractivity contribution in [3.63, 3.8) is 0 Å². The van der Waals surface area contributed by atoms with Crippen molar-refractivity contribution in [1.82, 2.24) is 10.6 Å². The molecule has 0 aromatic heterocycles. The van der Waals surface area contributed by atoms with Crippen LogP contribution in [-0.4, -0.2) is 24.9 Å². The van der Waals surface area contributed by atoms with Crippen LogP contribution in [0.4, 0.5) is 0 Å². The van der Waals surface area contributed by atoms with Crippen LogP contribution in [0.2, 0.25) is 0 Å². The molecule has 0 atom stereocenters. The Labute approximate surface area is 77.1 Å². The Kier molecular flexibility index (Phi) is 1.98. The zero-order valence-electron chi connectivity index (χ0n) is 7.56. The summed E-state index contributed by atoms with van der Waals surface area (Å²) in [6.45, 7) is 1.12. The van der Waals surface area contributed by atoms with Crippen molar-refractivity contribution in [3.05, 3.63) is 0 Å². The Morgan fingerprint density at radius 1 is 0.923 bits per heavy atom. The van der Waals surface area contributed by atoms with Crippen LogP contribution in [0.5, 0.6) is 0 Å². The average molecular weight is 182 g/mol. The molecule has 4 heteroatoms. The van der Waals surface area contributed by atoms with Crippen LogP contribution < -0.4 is 10.6 Å². The highest BCUT2D eigenvalue weighted by molar-refractivity contribution is 6.05. The van der Waals surface area contributed by atoms with Gasteiger partial charge in [0, 0.05) is 13.1 Å². The summed E-state index contributed by atoms with van der Waals surface area (Å²) in [6.07, 6.45) is 3.40. The molecule has 0 unspecified atom stereocenters. The molecule has 1 saturated carbocycles. The van der Waals surface area contributed by atoms with E-state index in [2.05, 4.69) is 10.6 Å². The van der Waals surface area contributed by atoms with Gasteiger partial charge in [-0.05, 0) is 12.8 Å². The fourth-order valence-electron chi connectivity index (χ4n) is 2.23. The SMILES string of the molecule is O=C1NCCNC(=O)C12CCCC2. The van der Waals surface area contributed by atoms with E-state index in [0.29, 0.717) is 25.9 Å². The van der Waals surface area contributed by atoms with Crippen molar-refractivity contribution >= 4 is 11.8 Å². The lowest BCUT2D eigenvalue weighted by Gasteiger charge is -2.22. The maximum atomic E-state index is 11.7. The van der Waals surface area contributed by atoms with Crippen LogP contribution in [-0.2, 0) is 9.59 Å². The Hall–Kier alpha value is -1.06. The van der Waals surface area contributed by atoms with Gasteiger partial charge in [0.15, 0.2) is 0 Å². The van der Waals surface area contributed by atoms with E-state index in [1.54, 1.807) is 0 Å². The third-order valence-corrected chi connectivity index (χ3v) is 3.02. The molecule has 1 saturated heterocycles. The Morgan fingerprint density at radius 3 is 1.85 bits per heavy atom. The summed E-state index contributed by atoms with van der Waals surface area (Å²) in [5, 5.41) is 5.57. The second-order valence-corrected chi connectivity index (χ2v) is 3.80. The van der Waals surface area contributed by atoms with E-state index < -0.39 is 5.41 Å². The zero-order valence-corrected chi connectivity index (χ0v) is 7.56. The summed E-state index contributed by atoms with van der Waals surface area (Å²) < 4.78 is 0. The molecule has 1 heterocycles. The van der Waals surface area contributed by atoms with E-state index >= 15 is 0 Å². The Morgan fingerprint density at radius 2 is 1.38 bits per heavy atom. The second-order valence-electron chi connectivity index (χ2n) is 3.80. The predicted octanol–water partition coefficient (Wildman–Crippen LogP) is -0.207. The molecule has 2 aliphatic rings. The van der Waals surface area contributed by atoms with Gasteiger partial charge in [-0.15, -0.1) is 0 Å². The minimum Gasteiger partial charge on any atom is -0.353 e. The molecule has 0 bridgehead atoms. The molecule has 2 amide bonds. The fourth-order valence-corrected chi connectivity index (χ4v) is 2.23. The highest BCUT2D eigenvalue weighted by atomic mass is 16.2. The van der Waals surface area contributed by atoms with Gasteiger partial charge in [-0.1, -0.05) is 12.8 Å². The largest absolute Gasteiger partial charge is 0.353 e. The van der Waals surface area contributed by atoms with Gasteiger partial charge in [0.05, 0.1) is 0 Å². The Bertz CT molecular complexity index is 224. The molecule has 2 fully saturated rings. The average Bonchev–Trinajstić information content (AvgIpc) is 2.56. The quantitative estimate of drug-likeness (QED) is 0.509. The summed E-state index contributed by atoms with van der Waals surface area (Å²) in [4.78, 5) is 23.4. The number of nitrogens with one attached hydrogen (secondary N) is 2. The normalized spacial score (nSPS) is 26.8. The van der Waals surface area contributed by atoms with Gasteiger partial charge in [-0.2, -0.15) is 0 Å². The van der Waals surface area contributed by atoms with E-state index in [4.69, 9.17) is 0 Å². The van der Waals surface area contributed by atoms with Gasteiger partial charge in [0.1, 0.15) is 5.41 Å². The van der Waals surface area contributed by atoms with Crippen LogP contribution in [0.1, 0.15) is 25.7 Å². The maximum absolute atomic E-state index is 11.7. The number of hydrogen-bond donors (Lipinski definition) is 2. The van der Waals surface area contributed by atoms with Gasteiger partial charge >= 0.3 is 0 Å². The molecule has 13 heavy (non-hydrogen) atoms. The number of carbonyl (C=O) groups is 2. The van der Waals surface area contributed by atoms with Crippen molar-refractivity contribution < 1.29 is 9.59 Å². The van der Waals surface area contributed by atoms with Crippen LogP contribution in [0.15, 0.2) is 0 Å². The summed E-state index contributed by atoms with van der Waals surface area (Å²) in [5.74, 6) is -0.139. The molecule has 1 aliphatic carbocycles. The number of rotatable bonds is 0. The zero-order chi connectivity index (χ0) is 9.31. The minimum atomic E-state index is -0.726. The van der Waals surface area contributed by atoms with Gasteiger partial charge < -0.3 is 10.6 Å². The molecular weight excluding hydrogens is 168 g/mol. The fraction of sp³-hybridized carbons (Fsp3) is 0.778. The van der Waals surface area contributed by atoms with Crippen LogP contribution in [0, 0.1) is 5.41 Å². The summed E-state index contributed by atoms with van der Waals surface area (Å²) in [6, 6.07) is 0. The molecule has 2 rings (SSSR count). The first kappa shape index (κ1) is 8.53. The maximum Gasteiger partial charge on any atom is 0.235 e. The van der Waals surface area contributed by atoms with E-state index in [0.717, 1.165) is 12.8 Å². The lowest BCUT2D eigenvalue weighted by atomic mass is 9.84. The topological polar surface area (TPSA) is 58.2 Å². The number of amides is 2. The van der Waals surface area contributed by atoms with Crippen LogP contribution in [0.25, 0.3) is 0 Å². The minimum absolute atomic E-state index is 0.0694. The lowest BCUT2D eigenvalue weighted by molar-refractivity contribution is -0.141. The molecule has 1 aliphatic heterocycles. The first-order valence-corrected chi connectivity index (χ1v) is 4.82.